The molecule has 130 valence electrons. The third-order valence-corrected chi connectivity index (χ3v) is 4.19. The Morgan fingerprint density at radius 2 is 2.04 bits per heavy atom. The smallest absolute Gasteiger partial charge is 0.338 e. The number of rotatable bonds is 6. The molecule has 1 atom stereocenters. The summed E-state index contributed by atoms with van der Waals surface area (Å²) in [7, 11) is 0. The van der Waals surface area contributed by atoms with Crippen LogP contribution in [-0.4, -0.2) is 37.0 Å². The maximum atomic E-state index is 12.1. The second-order valence-electron chi connectivity index (χ2n) is 6.38. The minimum absolute atomic E-state index is 0.0145. The molecule has 0 saturated carbocycles. The van der Waals surface area contributed by atoms with Crippen LogP contribution >= 0.6 is 0 Å². The van der Waals surface area contributed by atoms with E-state index >= 15 is 0 Å². The normalized spacial score (nSPS) is 15.5. The van der Waals surface area contributed by atoms with Gasteiger partial charge >= 0.3 is 5.97 Å². The van der Waals surface area contributed by atoms with Crippen molar-refractivity contribution in [2.75, 3.05) is 18.1 Å². The number of ether oxygens (including phenoxy) is 1. The average molecular weight is 332 g/mol. The molecular weight excluding hydrogens is 308 g/mol. The Balaban J connectivity index is 1.93. The lowest BCUT2D eigenvalue weighted by Crippen LogP contribution is -2.38. The highest BCUT2D eigenvalue weighted by Crippen LogP contribution is 2.22. The Morgan fingerprint density at radius 1 is 1.29 bits per heavy atom. The molecule has 2 rings (SSSR count). The van der Waals surface area contributed by atoms with E-state index in [0.29, 0.717) is 30.1 Å². The van der Waals surface area contributed by atoms with Gasteiger partial charge in [-0.1, -0.05) is 19.9 Å². The summed E-state index contributed by atoms with van der Waals surface area (Å²) in [5, 5.41) is 2.78. The molecule has 0 unspecified atom stereocenters. The zero-order valence-corrected chi connectivity index (χ0v) is 14.4. The van der Waals surface area contributed by atoms with Gasteiger partial charge in [-0.3, -0.25) is 9.59 Å². The van der Waals surface area contributed by atoms with Crippen molar-refractivity contribution < 1.29 is 19.1 Å². The summed E-state index contributed by atoms with van der Waals surface area (Å²) in [5.74, 6) is -0.534. The molecule has 1 N–H and O–H groups in total. The van der Waals surface area contributed by atoms with Crippen LogP contribution in [0.4, 0.5) is 5.69 Å². The lowest BCUT2D eigenvalue weighted by Gasteiger charge is -2.17. The van der Waals surface area contributed by atoms with E-state index in [9.17, 15) is 14.4 Å². The molecule has 1 aromatic carbocycles. The predicted octanol–water partition coefficient (Wildman–Crippen LogP) is 2.13. The van der Waals surface area contributed by atoms with Crippen LogP contribution in [-0.2, 0) is 14.3 Å². The van der Waals surface area contributed by atoms with Crippen LogP contribution in [0.5, 0.6) is 0 Å². The van der Waals surface area contributed by atoms with E-state index in [-0.39, 0.29) is 24.5 Å². The third-order valence-electron chi connectivity index (χ3n) is 4.19. The van der Waals surface area contributed by atoms with E-state index < -0.39 is 5.97 Å². The predicted molar refractivity (Wildman–Crippen MR) is 90.8 cm³/mol. The van der Waals surface area contributed by atoms with Gasteiger partial charge in [0.15, 0.2) is 6.61 Å². The molecule has 6 heteroatoms. The van der Waals surface area contributed by atoms with E-state index in [4.69, 9.17) is 4.74 Å². The molecule has 1 saturated heterocycles. The number of hydrogen-bond acceptors (Lipinski definition) is 4. The quantitative estimate of drug-likeness (QED) is 0.810. The summed E-state index contributed by atoms with van der Waals surface area (Å²) >= 11 is 0. The molecule has 1 aromatic rings. The Kier molecular flexibility index (Phi) is 5.95. The second-order valence-corrected chi connectivity index (χ2v) is 6.38. The zero-order valence-electron chi connectivity index (χ0n) is 14.4. The number of nitrogens with one attached hydrogen (secondary N) is 1. The van der Waals surface area contributed by atoms with Gasteiger partial charge in [0.2, 0.25) is 5.91 Å². The van der Waals surface area contributed by atoms with Gasteiger partial charge in [-0.15, -0.1) is 0 Å². The van der Waals surface area contributed by atoms with Gasteiger partial charge in [0, 0.05) is 24.7 Å². The van der Waals surface area contributed by atoms with Crippen molar-refractivity contribution in [3.8, 4) is 0 Å². The number of hydrogen-bond donors (Lipinski definition) is 1. The first-order chi connectivity index (χ1) is 11.4. The Labute approximate surface area is 142 Å². The number of nitrogens with zero attached hydrogens (tertiary/aromatic N) is 1. The first-order valence-electron chi connectivity index (χ1n) is 8.25. The number of esters is 1. The van der Waals surface area contributed by atoms with Gasteiger partial charge in [0.25, 0.3) is 5.91 Å². The molecule has 0 spiro atoms. The molecule has 1 fully saturated rings. The minimum Gasteiger partial charge on any atom is -0.452 e. The van der Waals surface area contributed by atoms with Crippen molar-refractivity contribution in [2.45, 2.75) is 39.7 Å². The van der Waals surface area contributed by atoms with Crippen molar-refractivity contribution in [1.29, 1.82) is 0 Å². The van der Waals surface area contributed by atoms with Crippen molar-refractivity contribution in [2.24, 2.45) is 5.92 Å². The fourth-order valence-corrected chi connectivity index (χ4v) is 2.40. The fraction of sp³-hybridized carbons (Fsp3) is 0.500. The molecule has 24 heavy (non-hydrogen) atoms. The maximum Gasteiger partial charge on any atom is 0.338 e. The summed E-state index contributed by atoms with van der Waals surface area (Å²) in [5.41, 5.74) is 1.02. The Hall–Kier alpha value is -2.37. The van der Waals surface area contributed by atoms with Gasteiger partial charge in [-0.05, 0) is 37.5 Å². The van der Waals surface area contributed by atoms with Gasteiger partial charge in [-0.25, -0.2) is 4.79 Å². The fourth-order valence-electron chi connectivity index (χ4n) is 2.40. The number of anilines is 1. The van der Waals surface area contributed by atoms with E-state index in [1.54, 1.807) is 29.2 Å². The van der Waals surface area contributed by atoms with Gasteiger partial charge in [0.1, 0.15) is 0 Å². The largest absolute Gasteiger partial charge is 0.452 e. The van der Waals surface area contributed by atoms with Gasteiger partial charge in [-0.2, -0.15) is 0 Å². The number of amides is 2. The van der Waals surface area contributed by atoms with E-state index in [1.807, 2.05) is 20.8 Å². The molecule has 0 aromatic heterocycles. The molecular formula is C18H24N2O4. The highest BCUT2D eigenvalue weighted by molar-refractivity contribution is 5.97. The minimum atomic E-state index is -0.573. The Bertz CT molecular complexity index is 627. The van der Waals surface area contributed by atoms with E-state index in [1.165, 1.54) is 0 Å². The maximum absolute atomic E-state index is 12.1. The molecule has 0 aliphatic carbocycles. The summed E-state index contributed by atoms with van der Waals surface area (Å²) < 4.78 is 5.06. The van der Waals surface area contributed by atoms with E-state index in [2.05, 4.69) is 5.32 Å². The molecule has 2 amide bonds. The lowest BCUT2D eigenvalue weighted by atomic mass is 10.1. The first-order valence-corrected chi connectivity index (χ1v) is 8.25. The topological polar surface area (TPSA) is 75.7 Å². The van der Waals surface area contributed by atoms with Crippen molar-refractivity contribution in [1.82, 2.24) is 5.32 Å². The zero-order chi connectivity index (χ0) is 17.7. The number of carbonyl (C=O) groups excluding carboxylic acids is 3. The van der Waals surface area contributed by atoms with Crippen molar-refractivity contribution >= 4 is 23.5 Å². The highest BCUT2D eigenvalue weighted by atomic mass is 16.5. The van der Waals surface area contributed by atoms with Crippen LogP contribution in [0.15, 0.2) is 24.3 Å². The van der Waals surface area contributed by atoms with Crippen LogP contribution in [0.1, 0.15) is 44.0 Å². The molecule has 0 radical (unpaired) electrons. The van der Waals surface area contributed by atoms with Gasteiger partial charge in [0.05, 0.1) is 5.56 Å². The van der Waals surface area contributed by atoms with Gasteiger partial charge < -0.3 is 15.0 Å². The first kappa shape index (κ1) is 18.0. The molecule has 1 aliphatic heterocycles. The number of carbonyl (C=O) groups is 3. The van der Waals surface area contributed by atoms with Crippen LogP contribution in [0, 0.1) is 5.92 Å². The van der Waals surface area contributed by atoms with Crippen LogP contribution < -0.4 is 10.2 Å². The summed E-state index contributed by atoms with van der Waals surface area (Å²) in [6, 6.07) is 6.75. The molecule has 1 heterocycles. The second kappa shape index (κ2) is 7.95. The molecule has 6 nitrogen and oxygen atoms in total. The number of benzene rings is 1. The monoisotopic (exact) mass is 332 g/mol. The van der Waals surface area contributed by atoms with Crippen LogP contribution in [0.3, 0.4) is 0 Å². The molecule has 1 aliphatic rings. The highest BCUT2D eigenvalue weighted by Gasteiger charge is 2.22. The summed E-state index contributed by atoms with van der Waals surface area (Å²) in [6.45, 7) is 6.25. The lowest BCUT2D eigenvalue weighted by molar-refractivity contribution is -0.125. The van der Waals surface area contributed by atoms with Crippen molar-refractivity contribution in [3.63, 3.8) is 0 Å². The van der Waals surface area contributed by atoms with Crippen LogP contribution in [0.25, 0.3) is 0 Å². The average Bonchev–Trinajstić information content (AvgIpc) is 2.98. The van der Waals surface area contributed by atoms with Crippen molar-refractivity contribution in [3.05, 3.63) is 29.8 Å². The van der Waals surface area contributed by atoms with E-state index in [0.717, 1.165) is 6.42 Å². The Morgan fingerprint density at radius 3 is 2.67 bits per heavy atom. The third kappa shape index (κ3) is 4.57. The molecule has 0 bridgehead atoms. The summed E-state index contributed by atoms with van der Waals surface area (Å²) in [4.78, 5) is 37.3. The summed E-state index contributed by atoms with van der Waals surface area (Å²) in [6.07, 6.45) is 1.35. The standard InChI is InChI=1S/C18H24N2O4/c1-12(2)13(3)19-16(21)11-24-18(23)14-6-4-7-15(10-14)20-9-5-8-17(20)22/h4,6-7,10,12-13H,5,8-9,11H2,1-3H3,(H,19,21)/t13-/m0/s1. The van der Waals surface area contributed by atoms with Crippen LogP contribution in [0.2, 0.25) is 0 Å². The SMILES string of the molecule is CC(C)[C@H](C)NC(=O)COC(=O)c1cccc(N2CCCC2=O)c1.